The number of para-hydroxylation sites is 1. The summed E-state index contributed by atoms with van der Waals surface area (Å²) in [5, 5.41) is 9.36. The summed E-state index contributed by atoms with van der Waals surface area (Å²) in [5.41, 5.74) is 0.610. The zero-order valence-electron chi connectivity index (χ0n) is 7.35. The van der Waals surface area contributed by atoms with Crippen molar-refractivity contribution in [3.05, 3.63) is 24.1 Å². The predicted octanol–water partition coefficient (Wildman–Crippen LogP) is 1.32. The molecular weight excluding hydrogens is 186 g/mol. The molecule has 0 aliphatic carbocycles. The zero-order chi connectivity index (χ0) is 10.1. The first-order valence-corrected chi connectivity index (χ1v) is 3.89. The second kappa shape index (κ2) is 3.02. The van der Waals surface area contributed by atoms with Gasteiger partial charge < -0.3 is 14.3 Å². The maximum absolute atomic E-state index is 11.0. The molecule has 0 aliphatic heterocycles. The summed E-state index contributed by atoms with van der Waals surface area (Å²) < 4.78 is 9.48. The van der Waals surface area contributed by atoms with Crippen LogP contribution < -0.4 is 0 Å². The fourth-order valence-electron chi connectivity index (χ4n) is 1.11. The van der Waals surface area contributed by atoms with Gasteiger partial charge in [0.15, 0.2) is 11.1 Å². The highest BCUT2D eigenvalue weighted by Gasteiger charge is 2.15. The number of rotatable bonds is 1. The molecule has 5 nitrogen and oxygen atoms in total. The van der Waals surface area contributed by atoms with E-state index in [1.165, 1.54) is 13.2 Å². The molecule has 0 atom stereocenters. The van der Waals surface area contributed by atoms with Gasteiger partial charge in [-0.05, 0) is 12.1 Å². The molecule has 5 heteroatoms. The third-order valence-corrected chi connectivity index (χ3v) is 1.76. The van der Waals surface area contributed by atoms with E-state index in [4.69, 9.17) is 4.42 Å². The fourth-order valence-corrected chi connectivity index (χ4v) is 1.11. The maximum atomic E-state index is 11.0. The Hall–Kier alpha value is -2.04. The predicted molar refractivity (Wildman–Crippen MR) is 47.0 cm³/mol. The van der Waals surface area contributed by atoms with Gasteiger partial charge in [-0.1, -0.05) is 6.07 Å². The lowest BCUT2D eigenvalue weighted by atomic mass is 10.3. The first-order chi connectivity index (χ1) is 6.72. The van der Waals surface area contributed by atoms with Gasteiger partial charge in [-0.15, -0.1) is 0 Å². The lowest BCUT2D eigenvalue weighted by Gasteiger charge is -1.88. The Morgan fingerprint density at radius 1 is 1.57 bits per heavy atom. The summed E-state index contributed by atoms with van der Waals surface area (Å²) in [6, 6.07) is 4.67. The second-order valence-corrected chi connectivity index (χ2v) is 2.63. The molecule has 0 fully saturated rings. The number of methoxy groups -OCH3 is 1. The number of oxazole rings is 1. The summed E-state index contributed by atoms with van der Waals surface area (Å²) in [4.78, 5) is 14.8. The third-order valence-electron chi connectivity index (χ3n) is 1.76. The number of esters is 1. The molecule has 2 aromatic rings. The van der Waals surface area contributed by atoms with Gasteiger partial charge >= 0.3 is 11.9 Å². The summed E-state index contributed by atoms with van der Waals surface area (Å²) in [6.45, 7) is 0. The molecule has 0 bridgehead atoms. The van der Waals surface area contributed by atoms with Crippen molar-refractivity contribution < 1.29 is 19.1 Å². The van der Waals surface area contributed by atoms with Crippen LogP contribution in [0.3, 0.4) is 0 Å². The van der Waals surface area contributed by atoms with Crippen molar-refractivity contribution in [2.24, 2.45) is 0 Å². The highest BCUT2D eigenvalue weighted by molar-refractivity contribution is 5.89. The van der Waals surface area contributed by atoms with Gasteiger partial charge in [0, 0.05) is 0 Å². The van der Waals surface area contributed by atoms with Crippen LogP contribution >= 0.6 is 0 Å². The van der Waals surface area contributed by atoms with Gasteiger partial charge in [-0.3, -0.25) is 0 Å². The van der Waals surface area contributed by atoms with Crippen molar-refractivity contribution in [1.29, 1.82) is 0 Å². The number of phenols is 1. The SMILES string of the molecule is COC(=O)c1nc2c(O)cccc2o1. The van der Waals surface area contributed by atoms with Gasteiger partial charge in [-0.2, -0.15) is 4.98 Å². The molecular formula is C9H7NO4. The molecule has 1 heterocycles. The minimum Gasteiger partial charge on any atom is -0.506 e. The van der Waals surface area contributed by atoms with Crippen LogP contribution in [0.5, 0.6) is 5.75 Å². The highest BCUT2D eigenvalue weighted by atomic mass is 16.5. The number of phenolic OH excluding ortho intramolecular Hbond substituents is 1. The van der Waals surface area contributed by atoms with Crippen LogP contribution in [0.4, 0.5) is 0 Å². The minimum absolute atomic E-state index is 0.0265. The van der Waals surface area contributed by atoms with E-state index in [0.29, 0.717) is 5.58 Å². The van der Waals surface area contributed by atoms with E-state index in [0.717, 1.165) is 0 Å². The van der Waals surface area contributed by atoms with Gasteiger partial charge in [0.05, 0.1) is 7.11 Å². The number of aromatic nitrogens is 1. The summed E-state index contributed by atoms with van der Waals surface area (Å²) >= 11 is 0. The first-order valence-electron chi connectivity index (χ1n) is 3.89. The van der Waals surface area contributed by atoms with Gasteiger partial charge in [-0.25, -0.2) is 4.79 Å². The normalized spacial score (nSPS) is 10.4. The third kappa shape index (κ3) is 1.19. The summed E-state index contributed by atoms with van der Waals surface area (Å²) in [6.07, 6.45) is 0. The van der Waals surface area contributed by atoms with Crippen LogP contribution in [0, 0.1) is 0 Å². The number of hydrogen-bond acceptors (Lipinski definition) is 5. The Labute approximate surface area is 78.9 Å². The molecule has 1 aromatic carbocycles. The molecule has 0 radical (unpaired) electrons. The number of hydrogen-bond donors (Lipinski definition) is 1. The molecule has 0 amide bonds. The molecule has 1 aromatic heterocycles. The van der Waals surface area contributed by atoms with Crippen LogP contribution in [-0.2, 0) is 4.74 Å². The van der Waals surface area contributed by atoms with Crippen molar-refractivity contribution in [2.45, 2.75) is 0 Å². The van der Waals surface area contributed by atoms with Gasteiger partial charge in [0.2, 0.25) is 0 Å². The number of benzene rings is 1. The average Bonchev–Trinajstić information content (AvgIpc) is 2.62. The van der Waals surface area contributed by atoms with Crippen LogP contribution in [0.15, 0.2) is 22.6 Å². The van der Waals surface area contributed by atoms with Gasteiger partial charge in [0.25, 0.3) is 0 Å². The molecule has 1 N–H and O–H groups in total. The number of carbonyl (C=O) groups excluding carboxylic acids is 1. The van der Waals surface area contributed by atoms with E-state index in [1.54, 1.807) is 12.1 Å². The monoisotopic (exact) mass is 193 g/mol. The Balaban J connectivity index is 2.62. The summed E-state index contributed by atoms with van der Waals surface area (Å²) in [5.74, 6) is -0.856. The average molecular weight is 193 g/mol. The minimum atomic E-state index is -0.666. The number of carbonyl (C=O) groups is 1. The lowest BCUT2D eigenvalue weighted by molar-refractivity contribution is 0.0559. The topological polar surface area (TPSA) is 72.6 Å². The van der Waals surface area contributed by atoms with E-state index in [9.17, 15) is 9.90 Å². The number of ether oxygens (including phenoxy) is 1. The van der Waals surface area contributed by atoms with E-state index >= 15 is 0 Å². The quantitative estimate of drug-likeness (QED) is 0.691. The van der Waals surface area contributed by atoms with Crippen molar-refractivity contribution >= 4 is 17.1 Å². The van der Waals surface area contributed by atoms with Crippen LogP contribution in [0.25, 0.3) is 11.1 Å². The highest BCUT2D eigenvalue weighted by Crippen LogP contribution is 2.24. The largest absolute Gasteiger partial charge is 0.506 e. The fraction of sp³-hybridized carbons (Fsp3) is 0.111. The molecule has 2 rings (SSSR count). The van der Waals surface area contributed by atoms with Crippen molar-refractivity contribution in [2.75, 3.05) is 7.11 Å². The number of nitrogens with zero attached hydrogens (tertiary/aromatic N) is 1. The smallest absolute Gasteiger partial charge is 0.394 e. The first kappa shape index (κ1) is 8.55. The molecule has 0 saturated heterocycles. The standard InChI is InChI=1S/C9H7NO4/c1-13-9(12)8-10-7-5(11)3-2-4-6(7)14-8/h2-4,11H,1H3. The van der Waals surface area contributed by atoms with Crippen LogP contribution in [0.2, 0.25) is 0 Å². The van der Waals surface area contributed by atoms with E-state index < -0.39 is 5.97 Å². The Morgan fingerprint density at radius 3 is 3.00 bits per heavy atom. The number of fused-ring (bicyclic) bond motifs is 1. The summed E-state index contributed by atoms with van der Waals surface area (Å²) in [7, 11) is 1.23. The molecule has 14 heavy (non-hydrogen) atoms. The molecule has 0 spiro atoms. The lowest BCUT2D eigenvalue weighted by Crippen LogP contribution is -2.00. The van der Waals surface area contributed by atoms with Crippen LogP contribution in [0.1, 0.15) is 10.7 Å². The molecule has 72 valence electrons. The van der Waals surface area contributed by atoms with Crippen molar-refractivity contribution in [3.8, 4) is 5.75 Å². The second-order valence-electron chi connectivity index (χ2n) is 2.63. The van der Waals surface area contributed by atoms with E-state index in [2.05, 4.69) is 9.72 Å². The van der Waals surface area contributed by atoms with E-state index in [-0.39, 0.29) is 17.2 Å². The zero-order valence-corrected chi connectivity index (χ0v) is 7.35. The molecule has 0 saturated carbocycles. The Morgan fingerprint density at radius 2 is 2.36 bits per heavy atom. The maximum Gasteiger partial charge on any atom is 0.394 e. The van der Waals surface area contributed by atoms with Gasteiger partial charge in [0.1, 0.15) is 5.75 Å². The number of aromatic hydroxyl groups is 1. The Bertz CT molecular complexity index is 489. The molecule has 0 aliphatic rings. The Kier molecular flexibility index (Phi) is 1.85. The van der Waals surface area contributed by atoms with Crippen molar-refractivity contribution in [1.82, 2.24) is 4.98 Å². The van der Waals surface area contributed by atoms with E-state index in [1.807, 2.05) is 0 Å². The molecule has 0 unspecified atom stereocenters. The van der Waals surface area contributed by atoms with Crippen LogP contribution in [-0.4, -0.2) is 23.2 Å². The van der Waals surface area contributed by atoms with Crippen molar-refractivity contribution in [3.63, 3.8) is 0 Å².